The molecule has 0 unspecified atom stereocenters. The molecule has 0 rings (SSSR count). The Morgan fingerprint density at radius 3 is 0.750 bits per heavy atom. The molecule has 0 aromatic carbocycles. The third-order valence-corrected chi connectivity index (χ3v) is 0. The van der Waals surface area contributed by atoms with E-state index in [0.29, 0.717) is 0 Å². The van der Waals surface area contributed by atoms with Crippen LogP contribution in [-0.4, -0.2) is 77.2 Å². The maximum Gasteiger partial charge on any atom is 3.00 e. The van der Waals surface area contributed by atoms with Crippen molar-refractivity contribution in [2.24, 2.45) is 0 Å². The summed E-state index contributed by atoms with van der Waals surface area (Å²) in [6.45, 7) is 0. The van der Waals surface area contributed by atoms with E-state index in [9.17, 15) is 0 Å². The molecule has 0 saturated heterocycles. The predicted molar refractivity (Wildman–Crippen MR) is 15.4 cm³/mol. The van der Waals surface area contributed by atoms with E-state index in [-0.39, 0.29) is 77.2 Å². The van der Waals surface area contributed by atoms with E-state index in [1.165, 1.54) is 0 Å². The Balaban J connectivity index is 0. The molecular formula is H2AlBaO2+3. The second kappa shape index (κ2) is 19.9. The second-order valence-corrected chi connectivity index (χ2v) is 0. The summed E-state index contributed by atoms with van der Waals surface area (Å²) in [7, 11) is 0. The molecule has 2 nitrogen and oxygen atoms in total. The van der Waals surface area contributed by atoms with Crippen molar-refractivity contribution < 1.29 is 11.0 Å². The first-order valence-corrected chi connectivity index (χ1v) is 0. The van der Waals surface area contributed by atoms with Crippen LogP contribution in [0.4, 0.5) is 0 Å². The molecule has 0 saturated carbocycles. The summed E-state index contributed by atoms with van der Waals surface area (Å²) in [5, 5.41) is 0. The largest absolute Gasteiger partial charge is 3.00 e. The zero-order valence-electron chi connectivity index (χ0n) is 2.18. The molecule has 0 fully saturated rings. The van der Waals surface area contributed by atoms with Crippen LogP contribution in [0.15, 0.2) is 0 Å². The van der Waals surface area contributed by atoms with Gasteiger partial charge in [0.15, 0.2) is 0 Å². The SMILES string of the molecule is [Al+3].[Ba+2].[OH-].[OH-]. The minimum atomic E-state index is 0. The van der Waals surface area contributed by atoms with E-state index in [4.69, 9.17) is 0 Å². The molecule has 0 aliphatic heterocycles. The minimum Gasteiger partial charge on any atom is -0.870 e. The Kier molecular flexibility index (Phi) is 184. The predicted octanol–water partition coefficient (Wildman–Crippen LogP) is -1.12. The van der Waals surface area contributed by atoms with Crippen molar-refractivity contribution in [3.05, 3.63) is 0 Å². The standard InChI is InChI=1S/Al.Ba.2H2O/h;;2*1H2/q+3;+2;;/p-2. The summed E-state index contributed by atoms with van der Waals surface area (Å²) in [6, 6.07) is 0. The van der Waals surface area contributed by atoms with Crippen LogP contribution >= 0.6 is 0 Å². The first-order valence-electron chi connectivity index (χ1n) is 0. The van der Waals surface area contributed by atoms with Gasteiger partial charge in [-0.25, -0.2) is 0 Å². The van der Waals surface area contributed by atoms with E-state index in [0.717, 1.165) is 0 Å². The normalized spacial score (nSPS) is 0. The van der Waals surface area contributed by atoms with Crippen LogP contribution < -0.4 is 0 Å². The second-order valence-electron chi connectivity index (χ2n) is 0. The van der Waals surface area contributed by atoms with Gasteiger partial charge in [-0.3, -0.25) is 0 Å². The van der Waals surface area contributed by atoms with Gasteiger partial charge in [-0.15, -0.1) is 0 Å². The van der Waals surface area contributed by atoms with Crippen molar-refractivity contribution in [1.29, 1.82) is 0 Å². The Morgan fingerprint density at radius 2 is 0.750 bits per heavy atom. The summed E-state index contributed by atoms with van der Waals surface area (Å²) < 4.78 is 0. The molecule has 0 aliphatic rings. The summed E-state index contributed by atoms with van der Waals surface area (Å²) >= 11 is 0. The van der Waals surface area contributed by atoms with Crippen LogP contribution in [0, 0.1) is 0 Å². The number of hydrogen-bond acceptors (Lipinski definition) is 2. The molecule has 0 aliphatic carbocycles. The molecule has 0 amide bonds. The smallest absolute Gasteiger partial charge is 0.870 e. The fourth-order valence-electron chi connectivity index (χ4n) is 0. The third-order valence-electron chi connectivity index (χ3n) is 0. The van der Waals surface area contributed by atoms with Gasteiger partial charge in [0.25, 0.3) is 0 Å². The number of rotatable bonds is 0. The van der Waals surface area contributed by atoms with Gasteiger partial charge in [0.05, 0.1) is 0 Å². The summed E-state index contributed by atoms with van der Waals surface area (Å²) in [6.07, 6.45) is 0. The van der Waals surface area contributed by atoms with Crippen LogP contribution in [0.1, 0.15) is 0 Å². The molecule has 4 heteroatoms. The number of hydrogen-bond donors (Lipinski definition) is 0. The van der Waals surface area contributed by atoms with Gasteiger partial charge in [0, 0.05) is 0 Å². The summed E-state index contributed by atoms with van der Waals surface area (Å²) in [5.74, 6) is 0. The zero-order chi connectivity index (χ0) is 0. The first-order chi connectivity index (χ1) is 0. The van der Waals surface area contributed by atoms with Crippen molar-refractivity contribution in [3.63, 3.8) is 0 Å². The van der Waals surface area contributed by atoms with Gasteiger partial charge < -0.3 is 11.0 Å². The zero-order valence-corrected chi connectivity index (χ0v) is 7.77. The maximum atomic E-state index is 0. The van der Waals surface area contributed by atoms with Crippen LogP contribution in [-0.2, 0) is 0 Å². The average molecular weight is 198 g/mol. The van der Waals surface area contributed by atoms with Gasteiger partial charge in [0.1, 0.15) is 0 Å². The van der Waals surface area contributed by atoms with Gasteiger partial charge in [-0.1, -0.05) is 0 Å². The van der Waals surface area contributed by atoms with Crippen LogP contribution in [0.5, 0.6) is 0 Å². The van der Waals surface area contributed by atoms with Gasteiger partial charge in [-0.2, -0.15) is 0 Å². The van der Waals surface area contributed by atoms with Gasteiger partial charge in [-0.05, 0) is 0 Å². The van der Waals surface area contributed by atoms with E-state index in [1.54, 1.807) is 0 Å². The van der Waals surface area contributed by atoms with Crippen LogP contribution in [0.2, 0.25) is 0 Å². The Hall–Kier alpha value is 2.02. The fraction of sp³-hybridized carbons (Fsp3) is 0. The Labute approximate surface area is 75.8 Å². The molecule has 0 aromatic heterocycles. The summed E-state index contributed by atoms with van der Waals surface area (Å²) in [5.41, 5.74) is 0. The van der Waals surface area contributed by atoms with Gasteiger partial charge in [0.2, 0.25) is 0 Å². The molecule has 2 N–H and O–H groups in total. The Morgan fingerprint density at radius 1 is 0.750 bits per heavy atom. The van der Waals surface area contributed by atoms with Crippen molar-refractivity contribution in [1.82, 2.24) is 0 Å². The molecule has 0 bridgehead atoms. The van der Waals surface area contributed by atoms with Crippen LogP contribution in [0.3, 0.4) is 0 Å². The molecular weight excluding hydrogens is 196 g/mol. The van der Waals surface area contributed by atoms with Crippen molar-refractivity contribution in [3.8, 4) is 0 Å². The molecule has 4 heavy (non-hydrogen) atoms. The minimum absolute atomic E-state index is 0. The first kappa shape index (κ1) is 37.1. The van der Waals surface area contributed by atoms with Crippen LogP contribution in [0.25, 0.3) is 0 Å². The summed E-state index contributed by atoms with van der Waals surface area (Å²) in [4.78, 5) is 0. The maximum absolute atomic E-state index is 0. The molecule has 0 spiro atoms. The Bertz CT molecular complexity index is 6.00. The molecule has 0 atom stereocenters. The van der Waals surface area contributed by atoms with E-state index in [2.05, 4.69) is 0 Å². The fourth-order valence-corrected chi connectivity index (χ4v) is 0. The average Bonchev–Trinajstić information content (AvgIpc) is 0. The van der Waals surface area contributed by atoms with Crippen molar-refractivity contribution >= 4 is 66.2 Å². The molecule has 0 radical (unpaired) electrons. The van der Waals surface area contributed by atoms with E-state index in [1.807, 2.05) is 0 Å². The molecule has 16 valence electrons. The van der Waals surface area contributed by atoms with Crippen molar-refractivity contribution in [2.45, 2.75) is 0 Å². The topological polar surface area (TPSA) is 60.0 Å². The van der Waals surface area contributed by atoms with E-state index >= 15 is 0 Å². The third kappa shape index (κ3) is 8.98. The quantitative estimate of drug-likeness (QED) is 0.463. The molecule has 0 heterocycles. The molecule has 0 aromatic rings. The van der Waals surface area contributed by atoms with E-state index < -0.39 is 0 Å². The van der Waals surface area contributed by atoms with Crippen molar-refractivity contribution in [2.75, 3.05) is 0 Å². The monoisotopic (exact) mass is 199 g/mol. The van der Waals surface area contributed by atoms with Gasteiger partial charge >= 0.3 is 66.2 Å².